The number of likely N-dealkylation sites (N-methyl/N-ethyl adjacent to an activating group) is 1. The lowest BCUT2D eigenvalue weighted by atomic mass is 10.2. The summed E-state index contributed by atoms with van der Waals surface area (Å²) in [6, 6.07) is 10.1. The second-order valence-electron chi connectivity index (χ2n) is 6.38. The largest absolute Gasteiger partial charge is 0.492 e. The molecule has 1 fully saturated rings. The Labute approximate surface area is 198 Å². The normalized spacial score (nSPS) is 16.3. The van der Waals surface area contributed by atoms with Crippen molar-refractivity contribution in [1.29, 1.82) is 0 Å². The zero-order valence-electron chi connectivity index (χ0n) is 17.2. The molecule has 0 unspecified atom stereocenters. The van der Waals surface area contributed by atoms with Crippen molar-refractivity contribution in [1.82, 2.24) is 4.90 Å². The van der Waals surface area contributed by atoms with Gasteiger partial charge in [-0.25, -0.2) is 9.79 Å². The Morgan fingerprint density at radius 1 is 1.29 bits per heavy atom. The molecule has 1 aliphatic heterocycles. The van der Waals surface area contributed by atoms with Gasteiger partial charge in [0.1, 0.15) is 0 Å². The first-order valence-electron chi connectivity index (χ1n) is 9.51. The lowest BCUT2D eigenvalue weighted by molar-refractivity contribution is -0.122. The van der Waals surface area contributed by atoms with Crippen molar-refractivity contribution in [3.8, 4) is 11.5 Å². The van der Waals surface area contributed by atoms with Gasteiger partial charge in [0.05, 0.1) is 33.4 Å². The number of thioether (sulfide) groups is 1. The number of hydrogen-bond acceptors (Lipinski definition) is 6. The first-order chi connectivity index (χ1) is 14.9. The summed E-state index contributed by atoms with van der Waals surface area (Å²) < 4.78 is 12.0. The van der Waals surface area contributed by atoms with Crippen LogP contribution in [0.25, 0.3) is 6.08 Å². The maximum absolute atomic E-state index is 12.9. The predicted molar refractivity (Wildman–Crippen MR) is 130 cm³/mol. The number of carbonyl (C=O) groups is 2. The van der Waals surface area contributed by atoms with E-state index in [1.54, 1.807) is 30.2 Å². The molecule has 1 aliphatic rings. The van der Waals surface area contributed by atoms with Gasteiger partial charge >= 0.3 is 5.97 Å². The van der Waals surface area contributed by atoms with Crippen LogP contribution in [-0.2, 0) is 4.79 Å². The molecule has 1 N–H and O–H groups in total. The summed E-state index contributed by atoms with van der Waals surface area (Å²) in [6.45, 7) is 4.71. The van der Waals surface area contributed by atoms with Crippen LogP contribution in [0.3, 0.4) is 0 Å². The zero-order chi connectivity index (χ0) is 22.5. The molecule has 1 heterocycles. The molecule has 0 bridgehead atoms. The van der Waals surface area contributed by atoms with Gasteiger partial charge in [0.2, 0.25) is 0 Å². The van der Waals surface area contributed by atoms with E-state index in [-0.39, 0.29) is 11.5 Å². The third-order valence-electron chi connectivity index (χ3n) is 4.36. The highest BCUT2D eigenvalue weighted by Gasteiger charge is 2.32. The van der Waals surface area contributed by atoms with E-state index in [4.69, 9.17) is 9.47 Å². The van der Waals surface area contributed by atoms with E-state index in [2.05, 4.69) is 27.6 Å². The smallest absolute Gasteiger partial charge is 0.335 e. The van der Waals surface area contributed by atoms with Crippen molar-refractivity contribution in [3.63, 3.8) is 0 Å². The minimum atomic E-state index is -1.02. The maximum atomic E-state index is 12.9. The number of aliphatic imine (C=N–C) groups is 1. The number of hydrogen-bond donors (Lipinski definition) is 1. The van der Waals surface area contributed by atoms with Crippen LogP contribution in [0, 0.1) is 3.57 Å². The van der Waals surface area contributed by atoms with E-state index in [1.165, 1.54) is 23.9 Å². The fourth-order valence-electron chi connectivity index (χ4n) is 2.97. The first-order valence-corrected chi connectivity index (χ1v) is 11.4. The lowest BCUT2D eigenvalue weighted by Crippen LogP contribution is -2.28. The van der Waals surface area contributed by atoms with E-state index in [0.717, 1.165) is 9.13 Å². The monoisotopic (exact) mass is 552 g/mol. The van der Waals surface area contributed by atoms with Crippen LogP contribution >= 0.6 is 34.4 Å². The Morgan fingerprint density at radius 3 is 2.71 bits per heavy atom. The number of carboxylic acids is 1. The molecule has 162 valence electrons. The molecule has 1 saturated heterocycles. The van der Waals surface area contributed by atoms with Crippen LogP contribution in [0.1, 0.15) is 29.8 Å². The molecule has 1 amide bonds. The molecule has 7 nitrogen and oxygen atoms in total. The molecule has 0 saturated carbocycles. The SMILES string of the molecule is CCOc1cc(/C=C2\SC(=Nc3cccc(C(=O)O)c3)N(CC)C2=O)cc(I)c1OC. The van der Waals surface area contributed by atoms with Crippen LogP contribution in [0.4, 0.5) is 5.69 Å². The van der Waals surface area contributed by atoms with Gasteiger partial charge in [0.25, 0.3) is 5.91 Å². The number of amidine groups is 1. The van der Waals surface area contributed by atoms with Gasteiger partial charge in [-0.2, -0.15) is 0 Å². The molecule has 31 heavy (non-hydrogen) atoms. The number of carbonyl (C=O) groups excluding carboxylic acids is 1. The minimum Gasteiger partial charge on any atom is -0.492 e. The fourth-order valence-corrected chi connectivity index (χ4v) is 4.88. The molecular weight excluding hydrogens is 531 g/mol. The summed E-state index contributed by atoms with van der Waals surface area (Å²) in [7, 11) is 1.59. The van der Waals surface area contributed by atoms with Gasteiger partial charge in [-0.3, -0.25) is 9.69 Å². The van der Waals surface area contributed by atoms with Gasteiger partial charge in [0.15, 0.2) is 16.7 Å². The topological polar surface area (TPSA) is 88.4 Å². The number of methoxy groups -OCH3 is 1. The second kappa shape index (κ2) is 10.2. The van der Waals surface area contributed by atoms with E-state index in [0.29, 0.717) is 40.4 Å². The Kier molecular flexibility index (Phi) is 7.60. The van der Waals surface area contributed by atoms with Crippen LogP contribution in [-0.4, -0.2) is 47.3 Å². The Bertz CT molecular complexity index is 1080. The summed E-state index contributed by atoms with van der Waals surface area (Å²) in [6.07, 6.45) is 1.80. The van der Waals surface area contributed by atoms with Gasteiger partial charge in [0, 0.05) is 6.54 Å². The quantitative estimate of drug-likeness (QED) is 0.384. The van der Waals surface area contributed by atoms with Crippen LogP contribution in [0.15, 0.2) is 46.3 Å². The Morgan fingerprint density at radius 2 is 2.06 bits per heavy atom. The first kappa shape index (κ1) is 23.1. The minimum absolute atomic E-state index is 0.145. The van der Waals surface area contributed by atoms with Crippen LogP contribution in [0.5, 0.6) is 11.5 Å². The van der Waals surface area contributed by atoms with Crippen molar-refractivity contribution in [2.75, 3.05) is 20.3 Å². The number of nitrogens with zero attached hydrogens (tertiary/aromatic N) is 2. The number of carboxylic acid groups (broad SMARTS) is 1. The molecule has 0 atom stereocenters. The fraction of sp³-hybridized carbons (Fsp3) is 0.227. The summed E-state index contributed by atoms with van der Waals surface area (Å²) in [5.41, 5.74) is 1.44. The highest BCUT2D eigenvalue weighted by atomic mass is 127. The van der Waals surface area contributed by atoms with Gasteiger partial charge in [-0.05, 0) is 90.2 Å². The number of benzene rings is 2. The number of rotatable bonds is 7. The second-order valence-corrected chi connectivity index (χ2v) is 8.55. The summed E-state index contributed by atoms with van der Waals surface area (Å²) >= 11 is 3.43. The van der Waals surface area contributed by atoms with Crippen molar-refractivity contribution in [2.24, 2.45) is 4.99 Å². The van der Waals surface area contributed by atoms with E-state index >= 15 is 0 Å². The van der Waals surface area contributed by atoms with Crippen molar-refractivity contribution >= 4 is 63.2 Å². The van der Waals surface area contributed by atoms with Crippen molar-refractivity contribution < 1.29 is 24.2 Å². The van der Waals surface area contributed by atoms with E-state index in [1.807, 2.05) is 26.0 Å². The summed E-state index contributed by atoms with van der Waals surface area (Å²) in [4.78, 5) is 30.8. The highest BCUT2D eigenvalue weighted by molar-refractivity contribution is 14.1. The maximum Gasteiger partial charge on any atom is 0.335 e. The highest BCUT2D eigenvalue weighted by Crippen LogP contribution is 2.38. The average molecular weight is 552 g/mol. The molecule has 3 rings (SSSR count). The van der Waals surface area contributed by atoms with Gasteiger partial charge in [-0.1, -0.05) is 6.07 Å². The van der Waals surface area contributed by atoms with Gasteiger partial charge in [-0.15, -0.1) is 0 Å². The van der Waals surface area contributed by atoms with Crippen LogP contribution in [0.2, 0.25) is 0 Å². The van der Waals surface area contributed by atoms with Crippen molar-refractivity contribution in [3.05, 3.63) is 56.0 Å². The Balaban J connectivity index is 1.97. The summed E-state index contributed by atoms with van der Waals surface area (Å²) in [5, 5.41) is 9.70. The standard InChI is InChI=1S/C22H21IN2O5S/c1-4-25-20(26)18(11-13-9-16(23)19(29-3)17(10-13)30-5-2)31-22(25)24-15-8-6-7-14(12-15)21(27)28/h6-12H,4-5H2,1-3H3,(H,27,28)/b18-11-,24-22?. The zero-order valence-corrected chi connectivity index (χ0v) is 20.2. The lowest BCUT2D eigenvalue weighted by Gasteiger charge is -2.12. The summed E-state index contributed by atoms with van der Waals surface area (Å²) in [5.74, 6) is 0.102. The third-order valence-corrected chi connectivity index (χ3v) is 6.16. The number of amides is 1. The predicted octanol–water partition coefficient (Wildman–Crippen LogP) is 5.02. The van der Waals surface area contributed by atoms with E-state index in [9.17, 15) is 14.7 Å². The molecule has 2 aromatic carbocycles. The molecular formula is C22H21IN2O5S. The molecule has 0 aliphatic carbocycles. The molecule has 9 heteroatoms. The average Bonchev–Trinajstić information content (AvgIpc) is 3.02. The number of halogens is 1. The van der Waals surface area contributed by atoms with E-state index < -0.39 is 5.97 Å². The Hall–Kier alpha value is -2.53. The molecule has 2 aromatic rings. The molecule has 0 aromatic heterocycles. The van der Waals surface area contributed by atoms with Crippen LogP contribution < -0.4 is 9.47 Å². The molecule has 0 radical (unpaired) electrons. The number of aromatic carboxylic acids is 1. The van der Waals surface area contributed by atoms with Gasteiger partial charge < -0.3 is 14.6 Å². The van der Waals surface area contributed by atoms with Crippen molar-refractivity contribution in [2.45, 2.75) is 13.8 Å². The molecule has 0 spiro atoms. The number of ether oxygens (including phenoxy) is 2. The third kappa shape index (κ3) is 5.21.